The Morgan fingerprint density at radius 3 is 2.73 bits per heavy atom. The number of nitrogens with one attached hydrogen (secondary N) is 1. The molecule has 0 saturated heterocycles. The third-order valence-electron chi connectivity index (χ3n) is 4.18. The van der Waals surface area contributed by atoms with Crippen molar-refractivity contribution < 1.29 is 14.3 Å². The van der Waals surface area contributed by atoms with Crippen molar-refractivity contribution in [2.75, 3.05) is 6.61 Å². The number of carbonyl (C=O) groups excluding carboxylic acids is 2. The zero-order valence-corrected chi connectivity index (χ0v) is 14.9. The fourth-order valence-corrected chi connectivity index (χ4v) is 2.18. The highest BCUT2D eigenvalue weighted by atomic mass is 16.5. The minimum absolute atomic E-state index is 0.116. The number of benzene rings is 1. The predicted octanol–water partition coefficient (Wildman–Crippen LogP) is 0.994. The molecule has 8 heteroatoms. The normalized spacial score (nSPS) is 13.0. The summed E-state index contributed by atoms with van der Waals surface area (Å²) >= 11 is 0. The van der Waals surface area contributed by atoms with Crippen molar-refractivity contribution in [3.8, 4) is 6.07 Å². The molecule has 1 N–H and O–H groups in total. The minimum Gasteiger partial charge on any atom is -0.454 e. The van der Waals surface area contributed by atoms with Gasteiger partial charge in [-0.05, 0) is 25.0 Å². The number of nitrogens with zero attached hydrogens (tertiary/aromatic N) is 3. The maximum Gasteiger partial charge on any atom is 0.326 e. The van der Waals surface area contributed by atoms with E-state index in [-0.39, 0.29) is 18.0 Å². The number of hydrogen-bond donors (Lipinski definition) is 1. The van der Waals surface area contributed by atoms with Gasteiger partial charge in [-0.2, -0.15) is 5.26 Å². The molecule has 1 atom stereocenters. The second-order valence-corrected chi connectivity index (χ2v) is 6.37. The molecule has 0 aliphatic carbocycles. The number of aromatic nitrogens is 2. The number of para-hydroxylation sites is 1. The number of ether oxygens (including phenoxy) is 1. The second kappa shape index (κ2) is 7.78. The minimum atomic E-state index is -1.05. The van der Waals surface area contributed by atoms with E-state index in [0.717, 1.165) is 4.57 Å². The Kier molecular flexibility index (Phi) is 5.72. The van der Waals surface area contributed by atoms with E-state index in [2.05, 4.69) is 10.3 Å². The van der Waals surface area contributed by atoms with E-state index >= 15 is 0 Å². The summed E-state index contributed by atoms with van der Waals surface area (Å²) in [6, 6.07) is 8.82. The van der Waals surface area contributed by atoms with E-state index in [1.54, 1.807) is 45.0 Å². The van der Waals surface area contributed by atoms with Crippen molar-refractivity contribution in [3.63, 3.8) is 0 Å². The number of nitriles is 1. The Bertz CT molecular complexity index is 929. The fraction of sp³-hybridized carbons (Fsp3) is 0.389. The Labute approximate surface area is 150 Å². The zero-order chi connectivity index (χ0) is 19.3. The van der Waals surface area contributed by atoms with Crippen molar-refractivity contribution in [2.24, 2.45) is 5.92 Å². The molecule has 1 amide bonds. The summed E-state index contributed by atoms with van der Waals surface area (Å²) < 4.78 is 6.02. The van der Waals surface area contributed by atoms with Gasteiger partial charge in [-0.25, -0.2) is 4.98 Å². The van der Waals surface area contributed by atoms with Gasteiger partial charge in [-0.15, -0.1) is 0 Å². The van der Waals surface area contributed by atoms with E-state index in [0.29, 0.717) is 10.9 Å². The first-order valence-electron chi connectivity index (χ1n) is 8.09. The van der Waals surface area contributed by atoms with Crippen LogP contribution in [0, 0.1) is 17.2 Å². The van der Waals surface area contributed by atoms with Crippen molar-refractivity contribution in [2.45, 2.75) is 32.9 Å². The zero-order valence-electron chi connectivity index (χ0n) is 14.9. The molecule has 0 aliphatic rings. The van der Waals surface area contributed by atoms with Gasteiger partial charge >= 0.3 is 5.97 Å². The lowest BCUT2D eigenvalue weighted by molar-refractivity contribution is -0.149. The summed E-state index contributed by atoms with van der Waals surface area (Å²) in [7, 11) is 0. The number of hydrogen-bond acceptors (Lipinski definition) is 6. The van der Waals surface area contributed by atoms with E-state index in [4.69, 9.17) is 4.74 Å². The Morgan fingerprint density at radius 1 is 1.38 bits per heavy atom. The molecule has 0 radical (unpaired) electrons. The third-order valence-corrected chi connectivity index (χ3v) is 4.18. The molecule has 1 aromatic heterocycles. The number of rotatable bonds is 6. The molecule has 26 heavy (non-hydrogen) atoms. The van der Waals surface area contributed by atoms with Crippen LogP contribution in [0.1, 0.15) is 20.8 Å². The van der Waals surface area contributed by atoms with Crippen LogP contribution < -0.4 is 10.9 Å². The van der Waals surface area contributed by atoms with Crippen LogP contribution in [0.15, 0.2) is 35.4 Å². The molecule has 2 rings (SSSR count). The van der Waals surface area contributed by atoms with Gasteiger partial charge in [0.05, 0.1) is 23.3 Å². The van der Waals surface area contributed by atoms with Crippen molar-refractivity contribution >= 4 is 22.8 Å². The SMILES string of the molecule is CC(C)[C@@](C)(C#N)NC(=O)COC(=O)Cn1cnc2ccccc2c1=O. The molecule has 0 fully saturated rings. The lowest BCUT2D eigenvalue weighted by Crippen LogP contribution is -2.50. The first-order chi connectivity index (χ1) is 12.3. The van der Waals surface area contributed by atoms with Crippen LogP contribution >= 0.6 is 0 Å². The van der Waals surface area contributed by atoms with Crippen LogP contribution in [0.3, 0.4) is 0 Å². The lowest BCUT2D eigenvalue weighted by Gasteiger charge is -2.27. The van der Waals surface area contributed by atoms with Gasteiger partial charge in [-0.3, -0.25) is 19.0 Å². The van der Waals surface area contributed by atoms with Crippen LogP contribution in [0.2, 0.25) is 0 Å². The van der Waals surface area contributed by atoms with Gasteiger partial charge in [0.1, 0.15) is 12.1 Å². The predicted molar refractivity (Wildman–Crippen MR) is 94.0 cm³/mol. The van der Waals surface area contributed by atoms with Gasteiger partial charge in [0.25, 0.3) is 11.5 Å². The number of carbonyl (C=O) groups is 2. The molecular formula is C18H20N4O4. The highest BCUT2D eigenvalue weighted by molar-refractivity contribution is 5.81. The molecule has 0 spiro atoms. The molecule has 1 aromatic carbocycles. The van der Waals surface area contributed by atoms with E-state index in [9.17, 15) is 19.6 Å². The largest absolute Gasteiger partial charge is 0.454 e. The van der Waals surface area contributed by atoms with Crippen LogP contribution in [-0.2, 0) is 20.9 Å². The van der Waals surface area contributed by atoms with E-state index < -0.39 is 24.0 Å². The van der Waals surface area contributed by atoms with Gasteiger partial charge in [-0.1, -0.05) is 26.0 Å². The average Bonchev–Trinajstić information content (AvgIpc) is 2.62. The summed E-state index contributed by atoms with van der Waals surface area (Å²) in [5, 5.41) is 12.1. The highest BCUT2D eigenvalue weighted by Crippen LogP contribution is 2.14. The van der Waals surface area contributed by atoms with Crippen molar-refractivity contribution in [1.29, 1.82) is 5.26 Å². The summed E-state index contributed by atoms with van der Waals surface area (Å²) in [6.45, 7) is 4.31. The Balaban J connectivity index is 1.98. The fourth-order valence-electron chi connectivity index (χ4n) is 2.18. The maximum absolute atomic E-state index is 12.3. The van der Waals surface area contributed by atoms with Crippen LogP contribution in [0.25, 0.3) is 10.9 Å². The molecule has 0 saturated carbocycles. The molecule has 0 unspecified atom stereocenters. The van der Waals surface area contributed by atoms with Crippen molar-refractivity contribution in [3.05, 3.63) is 40.9 Å². The van der Waals surface area contributed by atoms with E-state index in [1.807, 2.05) is 6.07 Å². The smallest absolute Gasteiger partial charge is 0.326 e. The molecule has 136 valence electrons. The molecule has 8 nitrogen and oxygen atoms in total. The Hall–Kier alpha value is -3.21. The molecule has 1 heterocycles. The number of esters is 1. The third kappa shape index (κ3) is 4.25. The summed E-state index contributed by atoms with van der Waals surface area (Å²) in [5.41, 5.74) is -0.886. The van der Waals surface area contributed by atoms with Crippen molar-refractivity contribution in [1.82, 2.24) is 14.9 Å². The first kappa shape index (κ1) is 19.1. The van der Waals surface area contributed by atoms with Crippen LogP contribution in [0.5, 0.6) is 0 Å². The first-order valence-corrected chi connectivity index (χ1v) is 8.09. The second-order valence-electron chi connectivity index (χ2n) is 6.37. The monoisotopic (exact) mass is 356 g/mol. The summed E-state index contributed by atoms with van der Waals surface area (Å²) in [6.07, 6.45) is 1.26. The standard InChI is InChI=1S/C18H20N4O4/c1-12(2)18(3,10-19)21-15(23)9-26-16(24)8-22-11-20-14-7-5-4-6-13(14)17(22)25/h4-7,11-12H,8-9H2,1-3H3,(H,21,23)/t18-/m1/s1. The van der Waals surface area contributed by atoms with Crippen LogP contribution in [-0.4, -0.2) is 33.6 Å². The average molecular weight is 356 g/mol. The molecule has 0 aliphatic heterocycles. The lowest BCUT2D eigenvalue weighted by atomic mass is 9.90. The number of amides is 1. The molecular weight excluding hydrogens is 336 g/mol. The summed E-state index contributed by atoms with van der Waals surface area (Å²) in [5.74, 6) is -1.45. The van der Waals surface area contributed by atoms with Crippen LogP contribution in [0.4, 0.5) is 0 Å². The highest BCUT2D eigenvalue weighted by Gasteiger charge is 2.30. The maximum atomic E-state index is 12.3. The topological polar surface area (TPSA) is 114 Å². The quantitative estimate of drug-likeness (QED) is 0.772. The number of fused-ring (bicyclic) bond motifs is 1. The van der Waals surface area contributed by atoms with Gasteiger partial charge in [0.15, 0.2) is 6.61 Å². The Morgan fingerprint density at radius 2 is 2.08 bits per heavy atom. The van der Waals surface area contributed by atoms with E-state index in [1.165, 1.54) is 6.33 Å². The summed E-state index contributed by atoms with van der Waals surface area (Å²) in [4.78, 5) is 40.2. The van der Waals surface area contributed by atoms with Gasteiger partial charge in [0, 0.05) is 0 Å². The van der Waals surface area contributed by atoms with Gasteiger partial charge in [0.2, 0.25) is 0 Å². The molecule has 0 bridgehead atoms. The molecule has 2 aromatic rings. The van der Waals surface area contributed by atoms with Gasteiger partial charge < -0.3 is 10.1 Å².